The molecule has 0 spiro atoms. The quantitative estimate of drug-likeness (QED) is 0.749. The highest BCUT2D eigenvalue weighted by Crippen LogP contribution is 2.18. The van der Waals surface area contributed by atoms with E-state index in [1.807, 2.05) is 52.0 Å². The third-order valence-electron chi connectivity index (χ3n) is 3.16. The molecule has 6 nitrogen and oxygen atoms in total. The standard InChI is InChI=1S/C18H26N2O4/c1-5-13-8-6-7-9-14(13)20-15(21)11-19-16(22)12-24-17(23)10-18(2,3)4/h6-9H,5,10-12H2,1-4H3,(H,19,22)(H,20,21). The molecule has 0 radical (unpaired) electrons. The summed E-state index contributed by atoms with van der Waals surface area (Å²) in [6.45, 7) is 7.17. The van der Waals surface area contributed by atoms with Crippen LogP contribution in [0.2, 0.25) is 0 Å². The number of anilines is 1. The van der Waals surface area contributed by atoms with Gasteiger partial charge < -0.3 is 15.4 Å². The monoisotopic (exact) mass is 334 g/mol. The van der Waals surface area contributed by atoms with Crippen LogP contribution in [0, 0.1) is 5.41 Å². The zero-order chi connectivity index (χ0) is 18.2. The first-order valence-electron chi connectivity index (χ1n) is 8.01. The van der Waals surface area contributed by atoms with Crippen molar-refractivity contribution in [1.29, 1.82) is 0 Å². The van der Waals surface area contributed by atoms with Crippen LogP contribution in [0.5, 0.6) is 0 Å². The van der Waals surface area contributed by atoms with E-state index in [-0.39, 0.29) is 30.9 Å². The second kappa shape index (κ2) is 9.05. The number of nitrogens with one attached hydrogen (secondary N) is 2. The predicted octanol–water partition coefficient (Wildman–Crippen LogP) is 2.28. The number of para-hydroxylation sites is 1. The summed E-state index contributed by atoms with van der Waals surface area (Å²) >= 11 is 0. The second-order valence-electron chi connectivity index (χ2n) is 6.73. The van der Waals surface area contributed by atoms with Gasteiger partial charge in [0, 0.05) is 5.69 Å². The zero-order valence-electron chi connectivity index (χ0n) is 14.8. The van der Waals surface area contributed by atoms with E-state index in [1.165, 1.54) is 0 Å². The van der Waals surface area contributed by atoms with Gasteiger partial charge in [-0.1, -0.05) is 45.9 Å². The van der Waals surface area contributed by atoms with Gasteiger partial charge in [0.1, 0.15) is 0 Å². The Morgan fingerprint density at radius 1 is 1.08 bits per heavy atom. The van der Waals surface area contributed by atoms with Crippen molar-refractivity contribution < 1.29 is 19.1 Å². The van der Waals surface area contributed by atoms with E-state index < -0.39 is 11.9 Å². The van der Waals surface area contributed by atoms with E-state index in [0.717, 1.165) is 17.7 Å². The molecular formula is C18H26N2O4. The van der Waals surface area contributed by atoms with Gasteiger partial charge in [0.05, 0.1) is 13.0 Å². The Balaban J connectivity index is 2.34. The number of ether oxygens (including phenoxy) is 1. The fraction of sp³-hybridized carbons (Fsp3) is 0.500. The SMILES string of the molecule is CCc1ccccc1NC(=O)CNC(=O)COC(=O)CC(C)(C)C. The Kier molecular flexibility index (Phi) is 7.42. The van der Waals surface area contributed by atoms with Crippen molar-refractivity contribution in [2.75, 3.05) is 18.5 Å². The van der Waals surface area contributed by atoms with E-state index in [4.69, 9.17) is 4.74 Å². The Morgan fingerprint density at radius 3 is 2.38 bits per heavy atom. The van der Waals surface area contributed by atoms with Crippen LogP contribution in [-0.2, 0) is 25.5 Å². The lowest BCUT2D eigenvalue weighted by atomic mass is 9.93. The molecule has 2 amide bonds. The van der Waals surface area contributed by atoms with Crippen LogP contribution >= 0.6 is 0 Å². The first kappa shape index (κ1) is 19.7. The minimum atomic E-state index is -0.504. The Morgan fingerprint density at radius 2 is 1.75 bits per heavy atom. The fourth-order valence-electron chi connectivity index (χ4n) is 2.00. The molecule has 0 unspecified atom stereocenters. The average molecular weight is 334 g/mol. The molecular weight excluding hydrogens is 308 g/mol. The topological polar surface area (TPSA) is 84.5 Å². The maximum absolute atomic E-state index is 11.9. The summed E-state index contributed by atoms with van der Waals surface area (Å²) in [5, 5.41) is 5.18. The molecule has 132 valence electrons. The van der Waals surface area contributed by atoms with Gasteiger partial charge in [0.15, 0.2) is 6.61 Å². The number of amides is 2. The van der Waals surface area contributed by atoms with Gasteiger partial charge in [-0.2, -0.15) is 0 Å². The highest BCUT2D eigenvalue weighted by molar-refractivity contribution is 5.95. The number of esters is 1. The maximum Gasteiger partial charge on any atom is 0.306 e. The maximum atomic E-state index is 11.9. The van der Waals surface area contributed by atoms with Gasteiger partial charge in [-0.25, -0.2) is 0 Å². The van der Waals surface area contributed by atoms with Gasteiger partial charge >= 0.3 is 5.97 Å². The average Bonchev–Trinajstić information content (AvgIpc) is 2.50. The van der Waals surface area contributed by atoms with E-state index >= 15 is 0 Å². The zero-order valence-corrected chi connectivity index (χ0v) is 14.8. The van der Waals surface area contributed by atoms with Crippen LogP contribution in [0.15, 0.2) is 24.3 Å². The molecule has 0 aliphatic carbocycles. The molecule has 0 bridgehead atoms. The Bertz CT molecular complexity index is 591. The molecule has 1 aromatic carbocycles. The van der Waals surface area contributed by atoms with E-state index in [2.05, 4.69) is 10.6 Å². The summed E-state index contributed by atoms with van der Waals surface area (Å²) in [5.41, 5.74) is 1.56. The van der Waals surface area contributed by atoms with Gasteiger partial charge in [-0.05, 0) is 23.5 Å². The van der Waals surface area contributed by atoms with Crippen LogP contribution in [0.4, 0.5) is 5.69 Å². The third-order valence-corrected chi connectivity index (χ3v) is 3.16. The molecule has 0 aromatic heterocycles. The molecule has 6 heteroatoms. The van der Waals surface area contributed by atoms with Gasteiger partial charge in [-0.15, -0.1) is 0 Å². The number of hydrogen-bond acceptors (Lipinski definition) is 4. The lowest BCUT2D eigenvalue weighted by Crippen LogP contribution is -2.36. The van der Waals surface area contributed by atoms with Gasteiger partial charge in [0.2, 0.25) is 5.91 Å². The molecule has 1 aromatic rings. The van der Waals surface area contributed by atoms with Crippen LogP contribution in [-0.4, -0.2) is 30.9 Å². The van der Waals surface area contributed by atoms with E-state index in [0.29, 0.717) is 0 Å². The lowest BCUT2D eigenvalue weighted by Gasteiger charge is -2.16. The van der Waals surface area contributed by atoms with Crippen molar-refractivity contribution in [3.63, 3.8) is 0 Å². The van der Waals surface area contributed by atoms with E-state index in [1.54, 1.807) is 0 Å². The van der Waals surface area contributed by atoms with Crippen molar-refractivity contribution in [2.45, 2.75) is 40.5 Å². The minimum absolute atomic E-state index is 0.173. The molecule has 2 N–H and O–H groups in total. The van der Waals surface area contributed by atoms with Crippen LogP contribution < -0.4 is 10.6 Å². The molecule has 0 atom stereocenters. The van der Waals surface area contributed by atoms with Crippen LogP contribution in [0.3, 0.4) is 0 Å². The summed E-state index contributed by atoms with van der Waals surface area (Å²) in [7, 11) is 0. The van der Waals surface area contributed by atoms with E-state index in [9.17, 15) is 14.4 Å². The van der Waals surface area contributed by atoms with Crippen molar-refractivity contribution in [1.82, 2.24) is 5.32 Å². The normalized spacial score (nSPS) is 10.8. The fourth-order valence-corrected chi connectivity index (χ4v) is 2.00. The number of carbonyl (C=O) groups excluding carboxylic acids is 3. The molecule has 0 aliphatic rings. The number of hydrogen-bond donors (Lipinski definition) is 2. The van der Waals surface area contributed by atoms with Gasteiger partial charge in [0.25, 0.3) is 5.91 Å². The van der Waals surface area contributed by atoms with Crippen molar-refractivity contribution in [2.24, 2.45) is 5.41 Å². The summed E-state index contributed by atoms with van der Waals surface area (Å²) in [4.78, 5) is 35.0. The number of carbonyl (C=O) groups is 3. The Hall–Kier alpha value is -2.37. The minimum Gasteiger partial charge on any atom is -0.456 e. The van der Waals surface area contributed by atoms with Crippen molar-refractivity contribution in [3.05, 3.63) is 29.8 Å². The largest absolute Gasteiger partial charge is 0.456 e. The summed E-state index contributed by atoms with van der Waals surface area (Å²) in [6, 6.07) is 7.49. The lowest BCUT2D eigenvalue weighted by molar-refractivity contribution is -0.150. The molecule has 24 heavy (non-hydrogen) atoms. The highest BCUT2D eigenvalue weighted by atomic mass is 16.5. The summed E-state index contributed by atoms with van der Waals surface area (Å²) in [5.74, 6) is -1.26. The highest BCUT2D eigenvalue weighted by Gasteiger charge is 2.18. The number of rotatable bonds is 7. The molecule has 0 fully saturated rings. The summed E-state index contributed by atoms with van der Waals surface area (Å²) in [6.07, 6.45) is 1.03. The van der Waals surface area contributed by atoms with Crippen molar-refractivity contribution >= 4 is 23.5 Å². The first-order valence-corrected chi connectivity index (χ1v) is 8.01. The van der Waals surface area contributed by atoms with Crippen LogP contribution in [0.25, 0.3) is 0 Å². The van der Waals surface area contributed by atoms with Crippen LogP contribution in [0.1, 0.15) is 39.7 Å². The second-order valence-corrected chi connectivity index (χ2v) is 6.73. The molecule has 0 aliphatic heterocycles. The molecule has 1 rings (SSSR count). The van der Waals surface area contributed by atoms with Gasteiger partial charge in [-0.3, -0.25) is 14.4 Å². The Labute approximate surface area is 143 Å². The number of aryl methyl sites for hydroxylation is 1. The smallest absolute Gasteiger partial charge is 0.306 e. The molecule has 0 saturated carbocycles. The predicted molar refractivity (Wildman–Crippen MR) is 92.5 cm³/mol. The third kappa shape index (κ3) is 7.76. The molecule has 0 saturated heterocycles. The summed E-state index contributed by atoms with van der Waals surface area (Å²) < 4.78 is 4.88. The van der Waals surface area contributed by atoms with Crippen molar-refractivity contribution in [3.8, 4) is 0 Å². The first-order chi connectivity index (χ1) is 11.2. The number of benzene rings is 1. The molecule has 0 heterocycles.